The predicted octanol–water partition coefficient (Wildman–Crippen LogP) is 0.770. The summed E-state index contributed by atoms with van der Waals surface area (Å²) in [5.74, 6) is 1.19. The fraction of sp³-hybridized carbons (Fsp3) is 0.692. The van der Waals surface area contributed by atoms with Crippen LogP contribution >= 0.6 is 0 Å². The molecule has 1 aliphatic rings. The Morgan fingerprint density at radius 1 is 1.19 bits per heavy atom. The minimum Gasteiger partial charge on any atom is -0.353 e. The molecule has 1 aromatic heterocycles. The van der Waals surface area contributed by atoms with E-state index in [0.717, 1.165) is 38.4 Å². The maximum Gasteiger partial charge on any atom is 0.233 e. The molecule has 0 saturated carbocycles. The van der Waals surface area contributed by atoms with Gasteiger partial charge in [0.05, 0.1) is 5.75 Å². The summed E-state index contributed by atoms with van der Waals surface area (Å²) in [4.78, 5) is 4.42. The number of nitrogens with one attached hydrogen (secondary N) is 1. The van der Waals surface area contributed by atoms with Gasteiger partial charge in [0.1, 0.15) is 0 Å². The molecule has 118 valence electrons. The Morgan fingerprint density at radius 3 is 2.48 bits per heavy atom. The van der Waals surface area contributed by atoms with E-state index in [1.807, 2.05) is 13.0 Å². The van der Waals surface area contributed by atoms with E-state index >= 15 is 0 Å². The van der Waals surface area contributed by atoms with Crippen molar-refractivity contribution in [2.45, 2.75) is 19.8 Å². The van der Waals surface area contributed by atoms with Gasteiger partial charge in [-0.05, 0) is 25.6 Å². The first-order chi connectivity index (χ1) is 10.00. The number of nitrogens with zero attached hydrogens (tertiary/aromatic N) is 4. The van der Waals surface area contributed by atoms with Crippen molar-refractivity contribution in [2.75, 3.05) is 48.6 Å². The van der Waals surface area contributed by atoms with Gasteiger partial charge in [0.15, 0.2) is 11.6 Å². The van der Waals surface area contributed by atoms with Crippen LogP contribution in [0.2, 0.25) is 0 Å². The molecule has 0 aliphatic carbocycles. The summed E-state index contributed by atoms with van der Waals surface area (Å²) >= 11 is 0. The van der Waals surface area contributed by atoms with Crippen LogP contribution in [0.3, 0.4) is 0 Å². The Kier molecular flexibility index (Phi) is 5.35. The fourth-order valence-electron chi connectivity index (χ4n) is 2.13. The van der Waals surface area contributed by atoms with E-state index in [2.05, 4.69) is 31.8 Å². The molecule has 1 fully saturated rings. The number of anilines is 2. The monoisotopic (exact) mass is 313 g/mol. The Balaban J connectivity index is 1.96. The molecular weight excluding hydrogens is 290 g/mol. The van der Waals surface area contributed by atoms with Crippen LogP contribution in [0.4, 0.5) is 11.6 Å². The Labute approximate surface area is 126 Å². The first-order valence-electron chi connectivity index (χ1n) is 7.28. The second-order valence-electron chi connectivity index (χ2n) is 5.34. The third-order valence-corrected chi connectivity index (χ3v) is 4.85. The molecule has 0 amide bonds. The second-order valence-corrected chi connectivity index (χ2v) is 7.18. The molecule has 1 aromatic rings. The van der Waals surface area contributed by atoms with Gasteiger partial charge in [0, 0.05) is 26.2 Å². The molecule has 1 aliphatic heterocycles. The lowest BCUT2D eigenvalue weighted by Crippen LogP contribution is -2.44. The van der Waals surface area contributed by atoms with Gasteiger partial charge in [-0.1, -0.05) is 13.3 Å². The van der Waals surface area contributed by atoms with Crippen molar-refractivity contribution in [3.8, 4) is 0 Å². The average molecular weight is 313 g/mol. The van der Waals surface area contributed by atoms with Gasteiger partial charge in [-0.2, -0.15) is 0 Å². The zero-order chi connectivity index (χ0) is 15.3. The topological polar surface area (TPSA) is 78.4 Å². The highest BCUT2D eigenvalue weighted by Crippen LogP contribution is 2.14. The third kappa shape index (κ3) is 4.82. The van der Waals surface area contributed by atoms with Crippen LogP contribution in [-0.4, -0.2) is 62.5 Å². The predicted molar refractivity (Wildman–Crippen MR) is 84.1 cm³/mol. The number of sulfonamides is 1. The third-order valence-electron chi connectivity index (χ3n) is 3.50. The largest absolute Gasteiger partial charge is 0.353 e. The Morgan fingerprint density at radius 2 is 1.90 bits per heavy atom. The van der Waals surface area contributed by atoms with Gasteiger partial charge in [-0.15, -0.1) is 10.2 Å². The molecular formula is C13H23N5O2S. The SMILES string of the molecule is CCCCS(=O)(=O)Nc1ccc(N2CCN(C)CC2)nn1. The zero-order valence-corrected chi connectivity index (χ0v) is 13.4. The number of aromatic nitrogens is 2. The molecule has 0 bridgehead atoms. The van der Waals surface area contributed by atoms with E-state index in [0.29, 0.717) is 6.42 Å². The lowest BCUT2D eigenvalue weighted by atomic mass is 10.3. The molecule has 0 atom stereocenters. The number of piperazine rings is 1. The van der Waals surface area contributed by atoms with E-state index in [9.17, 15) is 8.42 Å². The van der Waals surface area contributed by atoms with E-state index in [1.165, 1.54) is 0 Å². The molecule has 0 radical (unpaired) electrons. The Bertz CT molecular complexity index is 538. The quantitative estimate of drug-likeness (QED) is 0.836. The molecule has 0 aromatic carbocycles. The molecule has 21 heavy (non-hydrogen) atoms. The summed E-state index contributed by atoms with van der Waals surface area (Å²) in [5, 5.41) is 8.09. The van der Waals surface area contributed by atoms with Crippen LogP contribution in [0.25, 0.3) is 0 Å². The number of hydrogen-bond acceptors (Lipinski definition) is 6. The fourth-order valence-corrected chi connectivity index (χ4v) is 3.33. The molecule has 2 heterocycles. The lowest BCUT2D eigenvalue weighted by Gasteiger charge is -2.32. The highest BCUT2D eigenvalue weighted by molar-refractivity contribution is 7.92. The maximum atomic E-state index is 11.8. The zero-order valence-electron chi connectivity index (χ0n) is 12.6. The summed E-state index contributed by atoms with van der Waals surface area (Å²) in [6.07, 6.45) is 1.48. The van der Waals surface area contributed by atoms with E-state index in [4.69, 9.17) is 0 Å². The van der Waals surface area contributed by atoms with Crippen molar-refractivity contribution in [3.05, 3.63) is 12.1 Å². The second kappa shape index (κ2) is 7.04. The van der Waals surface area contributed by atoms with Crippen molar-refractivity contribution in [1.82, 2.24) is 15.1 Å². The van der Waals surface area contributed by atoms with Crippen molar-refractivity contribution < 1.29 is 8.42 Å². The van der Waals surface area contributed by atoms with Gasteiger partial charge >= 0.3 is 0 Å². The molecule has 1 N–H and O–H groups in total. The van der Waals surface area contributed by atoms with Crippen LogP contribution in [0, 0.1) is 0 Å². The standard InChI is InChI=1S/C13H23N5O2S/c1-3-4-11-21(19,20)16-12-5-6-13(15-14-12)18-9-7-17(2)8-10-18/h5-6H,3-4,7-11H2,1-2H3,(H,14,16). The maximum absolute atomic E-state index is 11.8. The minimum atomic E-state index is -3.31. The first-order valence-corrected chi connectivity index (χ1v) is 8.93. The van der Waals surface area contributed by atoms with Gasteiger partial charge in [-0.3, -0.25) is 4.72 Å². The lowest BCUT2D eigenvalue weighted by molar-refractivity contribution is 0.312. The highest BCUT2D eigenvalue weighted by atomic mass is 32.2. The average Bonchev–Trinajstić information content (AvgIpc) is 2.47. The Hall–Kier alpha value is -1.41. The minimum absolute atomic E-state index is 0.116. The van der Waals surface area contributed by atoms with Gasteiger partial charge in [-0.25, -0.2) is 8.42 Å². The highest BCUT2D eigenvalue weighted by Gasteiger charge is 2.16. The van der Waals surface area contributed by atoms with E-state index in [-0.39, 0.29) is 11.6 Å². The van der Waals surface area contributed by atoms with E-state index in [1.54, 1.807) is 6.07 Å². The number of hydrogen-bond donors (Lipinski definition) is 1. The van der Waals surface area contributed by atoms with Crippen molar-refractivity contribution in [3.63, 3.8) is 0 Å². The van der Waals surface area contributed by atoms with E-state index < -0.39 is 10.0 Å². The van der Waals surface area contributed by atoms with Gasteiger partial charge < -0.3 is 9.80 Å². The molecule has 2 rings (SSSR count). The van der Waals surface area contributed by atoms with Crippen molar-refractivity contribution in [1.29, 1.82) is 0 Å². The molecule has 0 unspecified atom stereocenters. The molecule has 0 spiro atoms. The van der Waals surface area contributed by atoms with Gasteiger partial charge in [0.2, 0.25) is 10.0 Å². The number of rotatable bonds is 6. The molecule has 1 saturated heterocycles. The smallest absolute Gasteiger partial charge is 0.233 e. The first kappa shape index (κ1) is 16.0. The number of likely N-dealkylation sites (N-methyl/N-ethyl adjacent to an activating group) is 1. The summed E-state index contributed by atoms with van der Waals surface area (Å²) in [6.45, 7) is 5.76. The summed E-state index contributed by atoms with van der Waals surface area (Å²) in [7, 11) is -1.22. The summed E-state index contributed by atoms with van der Waals surface area (Å²) in [6, 6.07) is 3.49. The molecule has 8 heteroatoms. The van der Waals surface area contributed by atoms with Gasteiger partial charge in [0.25, 0.3) is 0 Å². The van der Waals surface area contributed by atoms with Crippen molar-refractivity contribution in [2.24, 2.45) is 0 Å². The normalized spacial score (nSPS) is 17.0. The van der Waals surface area contributed by atoms with Crippen LogP contribution in [0.1, 0.15) is 19.8 Å². The van der Waals surface area contributed by atoms with Crippen LogP contribution in [0.15, 0.2) is 12.1 Å². The van der Waals surface area contributed by atoms with Crippen LogP contribution in [0.5, 0.6) is 0 Å². The van der Waals surface area contributed by atoms with Crippen molar-refractivity contribution >= 4 is 21.7 Å². The van der Waals surface area contributed by atoms with Crippen LogP contribution in [-0.2, 0) is 10.0 Å². The number of unbranched alkanes of at least 4 members (excludes halogenated alkanes) is 1. The molecule has 7 nitrogen and oxygen atoms in total. The summed E-state index contributed by atoms with van der Waals surface area (Å²) in [5.41, 5.74) is 0. The van der Waals surface area contributed by atoms with Crippen LogP contribution < -0.4 is 9.62 Å². The summed E-state index contributed by atoms with van der Waals surface area (Å²) < 4.78 is 26.0.